The van der Waals surface area contributed by atoms with Crippen molar-refractivity contribution in [3.63, 3.8) is 0 Å². The van der Waals surface area contributed by atoms with Crippen LogP contribution >= 0.6 is 27.5 Å². The smallest absolute Gasteiger partial charge is 0.271 e. The highest BCUT2D eigenvalue weighted by molar-refractivity contribution is 9.10. The van der Waals surface area contributed by atoms with Crippen molar-refractivity contribution in [1.29, 1.82) is 0 Å². The number of anilines is 1. The molecule has 1 heterocycles. The number of amides is 3. The Kier molecular flexibility index (Phi) is 5.77. The molecule has 1 fully saturated rings. The van der Waals surface area contributed by atoms with E-state index in [9.17, 15) is 14.4 Å². The van der Waals surface area contributed by atoms with Crippen LogP contribution in [0.2, 0.25) is 5.02 Å². The fourth-order valence-electron chi connectivity index (χ4n) is 6.78. The Balaban J connectivity index is 1.41. The van der Waals surface area contributed by atoms with Gasteiger partial charge in [-0.25, -0.2) is 10.3 Å². The summed E-state index contributed by atoms with van der Waals surface area (Å²) in [5.41, 5.74) is 6.16. The second-order valence-electron chi connectivity index (χ2n) is 10.2. The lowest BCUT2D eigenvalue weighted by Gasteiger charge is -2.52. The maximum Gasteiger partial charge on any atom is 0.271 e. The lowest BCUT2D eigenvalue weighted by atomic mass is 9.47. The number of hydrogen-bond acceptors (Lipinski definition) is 4. The highest BCUT2D eigenvalue weighted by Gasteiger charge is 2.68. The molecule has 2 unspecified atom stereocenters. The number of nitrogens with zero attached hydrogens (tertiary/aromatic N) is 2. The summed E-state index contributed by atoms with van der Waals surface area (Å²) in [6, 6.07) is 29.6. The van der Waals surface area contributed by atoms with Crippen LogP contribution in [0.3, 0.4) is 0 Å². The van der Waals surface area contributed by atoms with E-state index in [2.05, 4.69) is 26.5 Å². The summed E-state index contributed by atoms with van der Waals surface area (Å²) in [4.78, 5) is 42.7. The number of hydrazone groups is 1. The third-order valence-electron chi connectivity index (χ3n) is 8.32. The Morgan fingerprint density at radius 1 is 0.850 bits per heavy atom. The molecule has 0 saturated carbocycles. The van der Waals surface area contributed by atoms with Crippen molar-refractivity contribution >= 4 is 57.2 Å². The lowest BCUT2D eigenvalue weighted by molar-refractivity contribution is -0.122. The topological polar surface area (TPSA) is 78.8 Å². The molecule has 40 heavy (non-hydrogen) atoms. The monoisotopic (exact) mass is 609 g/mol. The first-order valence-electron chi connectivity index (χ1n) is 12.8. The van der Waals surface area contributed by atoms with Crippen molar-refractivity contribution in [2.45, 2.75) is 11.3 Å². The largest absolute Gasteiger partial charge is 0.274 e. The van der Waals surface area contributed by atoms with Gasteiger partial charge in [-0.1, -0.05) is 88.2 Å². The highest BCUT2D eigenvalue weighted by atomic mass is 79.9. The van der Waals surface area contributed by atoms with Gasteiger partial charge in [-0.05, 0) is 58.7 Å². The quantitative estimate of drug-likeness (QED) is 0.173. The van der Waals surface area contributed by atoms with Gasteiger partial charge in [0.1, 0.15) is 0 Å². The van der Waals surface area contributed by atoms with Gasteiger partial charge in [0, 0.05) is 22.2 Å². The number of nitrogens with one attached hydrogen (secondary N) is 1. The average Bonchev–Trinajstić information content (AvgIpc) is 3.24. The summed E-state index contributed by atoms with van der Waals surface area (Å²) >= 11 is 9.88. The van der Waals surface area contributed by atoms with Gasteiger partial charge in [0.15, 0.2) is 0 Å². The number of para-hydroxylation sites is 1. The summed E-state index contributed by atoms with van der Waals surface area (Å²) in [6.07, 6.45) is 1.65. The van der Waals surface area contributed by atoms with E-state index in [4.69, 9.17) is 11.6 Å². The summed E-state index contributed by atoms with van der Waals surface area (Å²) in [6.45, 7) is 0. The summed E-state index contributed by atoms with van der Waals surface area (Å²) in [5, 5.41) is 4.78. The SMILES string of the molecule is O=C(N/N=C\C12c3ccccc3C(c3ccccc31)C1C(=O)N(c3ccccc3Cl)C(=O)C12)c1ccc(Br)cc1. The number of carbonyl (C=O) groups excluding carboxylic acids is 3. The van der Waals surface area contributed by atoms with Gasteiger partial charge in [-0.3, -0.25) is 14.4 Å². The molecule has 1 saturated heterocycles. The zero-order valence-corrected chi connectivity index (χ0v) is 23.3. The van der Waals surface area contributed by atoms with Gasteiger partial charge in [0.2, 0.25) is 11.8 Å². The third-order valence-corrected chi connectivity index (χ3v) is 9.17. The van der Waals surface area contributed by atoms with E-state index in [-0.39, 0.29) is 23.6 Å². The zero-order chi connectivity index (χ0) is 27.6. The number of hydrogen-bond donors (Lipinski definition) is 1. The molecule has 1 N–H and O–H groups in total. The van der Waals surface area contributed by atoms with Crippen LogP contribution in [-0.2, 0) is 15.0 Å². The van der Waals surface area contributed by atoms with E-state index >= 15 is 0 Å². The molecule has 4 aromatic rings. The van der Waals surface area contributed by atoms with E-state index in [0.29, 0.717) is 16.3 Å². The predicted molar refractivity (Wildman–Crippen MR) is 157 cm³/mol. The number of benzene rings is 4. The van der Waals surface area contributed by atoms with Crippen molar-refractivity contribution in [2.24, 2.45) is 16.9 Å². The van der Waals surface area contributed by atoms with E-state index < -0.39 is 17.3 Å². The van der Waals surface area contributed by atoms with E-state index in [1.54, 1.807) is 54.7 Å². The van der Waals surface area contributed by atoms with Crippen LogP contribution in [0.5, 0.6) is 0 Å². The van der Waals surface area contributed by atoms with Gasteiger partial charge in [0.25, 0.3) is 5.91 Å². The molecule has 4 aliphatic rings. The first kappa shape index (κ1) is 24.9. The Labute approximate surface area is 243 Å². The molecule has 0 spiro atoms. The van der Waals surface area contributed by atoms with Gasteiger partial charge < -0.3 is 0 Å². The van der Waals surface area contributed by atoms with Gasteiger partial charge in [-0.15, -0.1) is 0 Å². The van der Waals surface area contributed by atoms with Crippen LogP contribution in [0.4, 0.5) is 5.69 Å². The Hall–Kier alpha value is -4.07. The van der Waals surface area contributed by atoms with Crippen LogP contribution in [-0.4, -0.2) is 23.9 Å². The van der Waals surface area contributed by atoms with Crippen LogP contribution in [0.25, 0.3) is 0 Å². The average molecular weight is 611 g/mol. The fraction of sp³-hybridized carbons (Fsp3) is 0.125. The zero-order valence-electron chi connectivity index (χ0n) is 20.9. The lowest BCUT2D eigenvalue weighted by Crippen LogP contribution is -2.54. The standard InChI is InChI=1S/C32H21BrClN3O3/c33-19-15-13-18(14-16-19)29(38)36-35-17-32-22-9-3-1-7-20(22)26(21-8-2-4-10-23(21)32)27-28(32)31(40)37(30(27)39)25-12-6-5-11-24(25)34/h1-17,26-28H,(H,36,38)/b35-17-. The van der Waals surface area contributed by atoms with Crippen molar-refractivity contribution in [3.8, 4) is 0 Å². The second-order valence-corrected chi connectivity index (χ2v) is 11.5. The molecule has 3 aliphatic carbocycles. The summed E-state index contributed by atoms with van der Waals surface area (Å²) in [5.74, 6) is -2.71. The van der Waals surface area contributed by atoms with Gasteiger partial charge in [0.05, 0.1) is 28.0 Å². The van der Waals surface area contributed by atoms with Crippen molar-refractivity contribution in [2.75, 3.05) is 4.90 Å². The van der Waals surface area contributed by atoms with Gasteiger partial charge >= 0.3 is 0 Å². The Morgan fingerprint density at radius 2 is 1.45 bits per heavy atom. The summed E-state index contributed by atoms with van der Waals surface area (Å²) < 4.78 is 0.858. The third kappa shape index (κ3) is 3.41. The molecule has 3 amide bonds. The number of imide groups is 1. The van der Waals surface area contributed by atoms with Gasteiger partial charge in [-0.2, -0.15) is 5.10 Å². The summed E-state index contributed by atoms with van der Waals surface area (Å²) in [7, 11) is 0. The normalized spacial score (nSPS) is 24.1. The minimum atomic E-state index is -1.08. The molecular weight excluding hydrogens is 590 g/mol. The van der Waals surface area contributed by atoms with Crippen molar-refractivity contribution in [3.05, 3.63) is 134 Å². The molecule has 0 radical (unpaired) electrons. The fourth-order valence-corrected chi connectivity index (χ4v) is 7.26. The maximum atomic E-state index is 14.4. The number of rotatable bonds is 4. The number of carbonyl (C=O) groups is 3. The van der Waals surface area contributed by atoms with Crippen molar-refractivity contribution < 1.29 is 14.4 Å². The molecule has 2 bridgehead atoms. The molecule has 2 atom stereocenters. The first-order valence-corrected chi connectivity index (χ1v) is 14.0. The molecule has 8 heteroatoms. The van der Waals surface area contributed by atoms with Crippen LogP contribution in [0, 0.1) is 11.8 Å². The Morgan fingerprint density at radius 3 is 2.10 bits per heavy atom. The minimum absolute atomic E-state index is 0.284. The first-order chi connectivity index (χ1) is 19.4. The van der Waals surface area contributed by atoms with E-state index in [1.165, 1.54) is 4.90 Å². The van der Waals surface area contributed by atoms with E-state index in [1.807, 2.05) is 48.5 Å². The van der Waals surface area contributed by atoms with E-state index in [0.717, 1.165) is 26.7 Å². The molecule has 0 aromatic heterocycles. The maximum absolute atomic E-state index is 14.4. The van der Waals surface area contributed by atoms with Crippen LogP contribution < -0.4 is 10.3 Å². The van der Waals surface area contributed by atoms with Crippen LogP contribution in [0.1, 0.15) is 38.5 Å². The molecular formula is C32H21BrClN3O3. The predicted octanol–water partition coefficient (Wildman–Crippen LogP) is 6.07. The molecule has 4 aromatic carbocycles. The molecule has 1 aliphatic heterocycles. The molecule has 196 valence electrons. The highest BCUT2D eigenvalue weighted by Crippen LogP contribution is 2.63. The minimum Gasteiger partial charge on any atom is -0.274 e. The van der Waals surface area contributed by atoms with Crippen molar-refractivity contribution in [1.82, 2.24) is 5.43 Å². The molecule has 6 nitrogen and oxygen atoms in total. The Bertz CT molecular complexity index is 1710. The molecule has 8 rings (SSSR count). The number of halogens is 2. The second kappa shape index (κ2) is 9.25. The van der Waals surface area contributed by atoms with Crippen LogP contribution in [0.15, 0.2) is 107 Å².